The van der Waals surface area contributed by atoms with Crippen LogP contribution in [0.3, 0.4) is 0 Å². The minimum absolute atomic E-state index is 0.0781. The minimum atomic E-state index is -2.68. The fourth-order valence-corrected chi connectivity index (χ4v) is 0.828. The third kappa shape index (κ3) is 1.76. The number of alkyl halides is 2. The highest BCUT2D eigenvalue weighted by Crippen LogP contribution is 2.19. The molecule has 0 spiro atoms. The summed E-state index contributed by atoms with van der Waals surface area (Å²) < 4.78 is 24.0. The second-order valence-electron chi connectivity index (χ2n) is 2.02. The van der Waals surface area contributed by atoms with Crippen molar-refractivity contribution in [1.82, 2.24) is 4.98 Å². The monoisotopic (exact) mass is 191 g/mol. The Balaban J connectivity index is 3.13. The molecule has 0 unspecified atom stereocenters. The Labute approximate surface area is 72.2 Å². The first kappa shape index (κ1) is 9.06. The van der Waals surface area contributed by atoms with Gasteiger partial charge in [-0.3, -0.25) is 4.79 Å². The van der Waals surface area contributed by atoms with Crippen LogP contribution in [0.5, 0.6) is 0 Å². The number of pyridine rings is 1. The first-order chi connectivity index (χ1) is 5.65. The van der Waals surface area contributed by atoms with Crippen LogP contribution in [-0.2, 0) is 0 Å². The summed E-state index contributed by atoms with van der Waals surface area (Å²) in [7, 11) is 0. The Morgan fingerprint density at radius 3 is 2.67 bits per heavy atom. The second kappa shape index (κ2) is 3.58. The Morgan fingerprint density at radius 1 is 1.50 bits per heavy atom. The summed E-state index contributed by atoms with van der Waals surface area (Å²) in [6.07, 6.45) is -2.34. The largest absolute Gasteiger partial charge is 0.296 e. The topological polar surface area (TPSA) is 30.0 Å². The molecule has 1 aromatic rings. The van der Waals surface area contributed by atoms with Gasteiger partial charge in [0.1, 0.15) is 11.4 Å². The van der Waals surface area contributed by atoms with Crippen LogP contribution in [0.15, 0.2) is 12.1 Å². The van der Waals surface area contributed by atoms with Crippen molar-refractivity contribution < 1.29 is 13.6 Å². The third-order valence-corrected chi connectivity index (χ3v) is 1.55. The molecule has 0 saturated carbocycles. The van der Waals surface area contributed by atoms with Crippen molar-refractivity contribution >= 4 is 17.9 Å². The highest BCUT2D eigenvalue weighted by Gasteiger charge is 2.10. The summed E-state index contributed by atoms with van der Waals surface area (Å²) >= 11 is 5.46. The highest BCUT2D eigenvalue weighted by atomic mass is 35.5. The third-order valence-electron chi connectivity index (χ3n) is 1.23. The highest BCUT2D eigenvalue weighted by molar-refractivity contribution is 6.32. The van der Waals surface area contributed by atoms with E-state index in [0.717, 1.165) is 6.07 Å². The summed E-state index contributed by atoms with van der Waals surface area (Å²) in [5, 5.41) is 0.0781. The van der Waals surface area contributed by atoms with Gasteiger partial charge in [0.05, 0.1) is 5.02 Å². The van der Waals surface area contributed by atoms with Crippen LogP contribution < -0.4 is 0 Å². The molecule has 2 nitrogen and oxygen atoms in total. The van der Waals surface area contributed by atoms with Crippen molar-refractivity contribution in [2.75, 3.05) is 0 Å². The molecule has 0 bridgehead atoms. The van der Waals surface area contributed by atoms with Crippen LogP contribution >= 0.6 is 11.6 Å². The van der Waals surface area contributed by atoms with Crippen molar-refractivity contribution in [2.24, 2.45) is 0 Å². The number of carbonyl (C=O) groups is 1. The number of carbonyl (C=O) groups excluding carboxylic acids is 1. The lowest BCUT2D eigenvalue weighted by Gasteiger charge is -1.99. The fraction of sp³-hybridized carbons (Fsp3) is 0.143. The van der Waals surface area contributed by atoms with Crippen molar-refractivity contribution in [3.63, 3.8) is 0 Å². The zero-order valence-corrected chi connectivity index (χ0v) is 6.55. The number of nitrogens with zero attached hydrogens (tertiary/aromatic N) is 1. The van der Waals surface area contributed by atoms with Crippen LogP contribution in [0.25, 0.3) is 0 Å². The molecule has 0 aliphatic heterocycles. The molecule has 0 atom stereocenters. The predicted molar refractivity (Wildman–Crippen MR) is 39.6 cm³/mol. The van der Waals surface area contributed by atoms with Crippen LogP contribution in [0.4, 0.5) is 8.78 Å². The minimum Gasteiger partial charge on any atom is -0.296 e. The first-order valence-electron chi connectivity index (χ1n) is 3.05. The Bertz CT molecular complexity index is 303. The molecule has 12 heavy (non-hydrogen) atoms. The summed E-state index contributed by atoms with van der Waals surface area (Å²) in [6.45, 7) is 0. The predicted octanol–water partition coefficient (Wildman–Crippen LogP) is 2.49. The van der Waals surface area contributed by atoms with Crippen molar-refractivity contribution in [3.8, 4) is 0 Å². The summed E-state index contributed by atoms with van der Waals surface area (Å²) in [4.78, 5) is 13.6. The quantitative estimate of drug-likeness (QED) is 0.673. The van der Waals surface area contributed by atoms with E-state index in [-0.39, 0.29) is 10.7 Å². The maximum absolute atomic E-state index is 12.0. The molecule has 0 aliphatic carbocycles. The SMILES string of the molecule is O=Cc1nc(C(F)F)ccc1Cl. The average molecular weight is 192 g/mol. The van der Waals surface area contributed by atoms with Crippen molar-refractivity contribution in [1.29, 1.82) is 0 Å². The standard InChI is InChI=1S/C7H4ClF2NO/c8-4-1-2-5(7(9)10)11-6(4)3-12/h1-3,7H. The zero-order chi connectivity index (χ0) is 9.14. The van der Waals surface area contributed by atoms with Gasteiger partial charge in [-0.25, -0.2) is 13.8 Å². The molecule has 5 heteroatoms. The van der Waals surface area contributed by atoms with E-state index in [2.05, 4.69) is 4.98 Å². The lowest BCUT2D eigenvalue weighted by atomic mass is 10.3. The summed E-state index contributed by atoms with van der Waals surface area (Å²) in [5.41, 5.74) is -0.601. The van der Waals surface area contributed by atoms with Gasteiger partial charge in [0.15, 0.2) is 6.29 Å². The number of aldehydes is 1. The van der Waals surface area contributed by atoms with E-state index in [1.807, 2.05) is 0 Å². The molecular weight excluding hydrogens is 188 g/mol. The number of rotatable bonds is 2. The number of aromatic nitrogens is 1. The second-order valence-corrected chi connectivity index (χ2v) is 2.43. The molecule has 1 rings (SSSR count). The van der Waals surface area contributed by atoms with Gasteiger partial charge in [-0.15, -0.1) is 0 Å². The fourth-order valence-electron chi connectivity index (χ4n) is 0.678. The van der Waals surface area contributed by atoms with Gasteiger partial charge < -0.3 is 0 Å². The summed E-state index contributed by atoms with van der Waals surface area (Å²) in [5.74, 6) is 0. The van der Waals surface area contributed by atoms with Gasteiger partial charge in [-0.2, -0.15) is 0 Å². The van der Waals surface area contributed by atoms with E-state index in [0.29, 0.717) is 6.29 Å². The van der Waals surface area contributed by atoms with Crippen LogP contribution in [-0.4, -0.2) is 11.3 Å². The molecule has 0 aromatic carbocycles. The van der Waals surface area contributed by atoms with Gasteiger partial charge >= 0.3 is 0 Å². The van der Waals surface area contributed by atoms with Crippen molar-refractivity contribution in [3.05, 3.63) is 28.5 Å². The molecule has 0 aliphatic rings. The van der Waals surface area contributed by atoms with Crippen LogP contribution in [0.1, 0.15) is 22.6 Å². The van der Waals surface area contributed by atoms with Crippen molar-refractivity contribution in [2.45, 2.75) is 6.43 Å². The molecule has 1 heterocycles. The van der Waals surface area contributed by atoms with Gasteiger partial charge in [0, 0.05) is 0 Å². The zero-order valence-electron chi connectivity index (χ0n) is 5.80. The Morgan fingerprint density at radius 2 is 2.17 bits per heavy atom. The lowest BCUT2D eigenvalue weighted by molar-refractivity contribution is 0.111. The van der Waals surface area contributed by atoms with Crippen LogP contribution in [0.2, 0.25) is 5.02 Å². The molecule has 0 saturated heterocycles. The maximum Gasteiger partial charge on any atom is 0.280 e. The summed E-state index contributed by atoms with van der Waals surface area (Å²) in [6, 6.07) is 2.31. The average Bonchev–Trinajstić information content (AvgIpc) is 2.05. The lowest BCUT2D eigenvalue weighted by Crippen LogP contribution is -1.95. The normalized spacial score (nSPS) is 10.3. The number of hydrogen-bond donors (Lipinski definition) is 0. The molecule has 1 aromatic heterocycles. The molecule has 0 radical (unpaired) electrons. The van der Waals surface area contributed by atoms with Gasteiger partial charge in [-0.1, -0.05) is 11.6 Å². The number of halogens is 3. The smallest absolute Gasteiger partial charge is 0.280 e. The van der Waals surface area contributed by atoms with Gasteiger partial charge in [0.25, 0.3) is 6.43 Å². The Hall–Kier alpha value is -1.03. The van der Waals surface area contributed by atoms with E-state index < -0.39 is 12.1 Å². The maximum atomic E-state index is 12.0. The molecule has 0 N–H and O–H groups in total. The van der Waals surface area contributed by atoms with E-state index in [4.69, 9.17) is 11.6 Å². The Kier molecular flexibility index (Phi) is 2.70. The van der Waals surface area contributed by atoms with E-state index in [9.17, 15) is 13.6 Å². The van der Waals surface area contributed by atoms with E-state index >= 15 is 0 Å². The first-order valence-corrected chi connectivity index (χ1v) is 3.42. The number of hydrogen-bond acceptors (Lipinski definition) is 2. The van der Waals surface area contributed by atoms with E-state index in [1.165, 1.54) is 6.07 Å². The van der Waals surface area contributed by atoms with Gasteiger partial charge in [0.2, 0.25) is 0 Å². The molecule has 0 amide bonds. The van der Waals surface area contributed by atoms with E-state index in [1.54, 1.807) is 0 Å². The molecular formula is C7H4ClF2NO. The molecule has 0 fully saturated rings. The van der Waals surface area contributed by atoms with Crippen LogP contribution in [0, 0.1) is 0 Å². The molecule has 64 valence electrons. The van der Waals surface area contributed by atoms with Gasteiger partial charge in [-0.05, 0) is 12.1 Å².